The van der Waals surface area contributed by atoms with E-state index in [1.54, 1.807) is 0 Å². The molecule has 1 N–H and O–H groups in total. The van der Waals surface area contributed by atoms with Crippen LogP contribution in [0.2, 0.25) is 5.02 Å². The van der Waals surface area contributed by atoms with Crippen LogP contribution in [-0.2, 0) is 0 Å². The number of piperidine rings is 1. The van der Waals surface area contributed by atoms with Crippen molar-refractivity contribution < 1.29 is 4.92 Å². The van der Waals surface area contributed by atoms with Crippen LogP contribution in [0.3, 0.4) is 0 Å². The minimum absolute atomic E-state index is 0.102. The van der Waals surface area contributed by atoms with Crippen LogP contribution in [0.1, 0.15) is 12.8 Å². The zero-order chi connectivity index (χ0) is 16.2. The van der Waals surface area contributed by atoms with E-state index in [4.69, 9.17) is 11.6 Å². The van der Waals surface area contributed by atoms with E-state index in [0.29, 0.717) is 5.82 Å². The lowest BCUT2D eigenvalue weighted by atomic mass is 10.0. The quantitative estimate of drug-likeness (QED) is 0.682. The molecule has 23 heavy (non-hydrogen) atoms. The molecular weight excluding hydrogens is 316 g/mol. The standard InChI is InChI=1S/C16H17ClN4O2/c17-15-9-14(21(22)23)10-18-16(15)19-12-5-4-8-20(11-12)13-6-2-1-3-7-13/h1-3,6-7,9-10,12H,4-5,8,11H2,(H,18,19). The van der Waals surface area contributed by atoms with Crippen LogP contribution < -0.4 is 10.2 Å². The van der Waals surface area contributed by atoms with Crippen LogP contribution in [0.5, 0.6) is 0 Å². The van der Waals surface area contributed by atoms with Crippen molar-refractivity contribution in [2.24, 2.45) is 0 Å². The van der Waals surface area contributed by atoms with Gasteiger partial charge in [-0.3, -0.25) is 10.1 Å². The van der Waals surface area contributed by atoms with Crippen LogP contribution in [0.15, 0.2) is 42.6 Å². The predicted molar refractivity (Wildman–Crippen MR) is 91.2 cm³/mol. The summed E-state index contributed by atoms with van der Waals surface area (Å²) in [4.78, 5) is 16.6. The van der Waals surface area contributed by atoms with Crippen molar-refractivity contribution in [3.8, 4) is 0 Å². The molecule has 2 heterocycles. The smallest absolute Gasteiger partial charge is 0.289 e. The first-order valence-electron chi connectivity index (χ1n) is 7.50. The second-order valence-electron chi connectivity index (χ2n) is 5.55. The Kier molecular flexibility index (Phi) is 4.62. The number of halogens is 1. The first kappa shape index (κ1) is 15.6. The van der Waals surface area contributed by atoms with Crippen molar-refractivity contribution >= 4 is 28.8 Å². The zero-order valence-corrected chi connectivity index (χ0v) is 13.2. The van der Waals surface area contributed by atoms with Crippen molar-refractivity contribution in [3.05, 3.63) is 57.7 Å². The summed E-state index contributed by atoms with van der Waals surface area (Å²) in [6.07, 6.45) is 3.31. The second-order valence-corrected chi connectivity index (χ2v) is 5.95. The molecule has 1 unspecified atom stereocenters. The van der Waals surface area contributed by atoms with Crippen molar-refractivity contribution in [3.63, 3.8) is 0 Å². The summed E-state index contributed by atoms with van der Waals surface area (Å²) in [5, 5.41) is 14.3. The Labute approximate surface area is 139 Å². The molecule has 1 saturated heterocycles. The van der Waals surface area contributed by atoms with Gasteiger partial charge in [0.15, 0.2) is 0 Å². The Morgan fingerprint density at radius 1 is 1.35 bits per heavy atom. The number of benzene rings is 1. The SMILES string of the molecule is O=[N+]([O-])c1cnc(NC2CCCN(c3ccccc3)C2)c(Cl)c1. The van der Waals surface area contributed by atoms with Gasteiger partial charge < -0.3 is 10.2 Å². The van der Waals surface area contributed by atoms with E-state index in [1.165, 1.54) is 18.0 Å². The third-order valence-corrected chi connectivity index (χ3v) is 4.21. The van der Waals surface area contributed by atoms with Gasteiger partial charge in [0.1, 0.15) is 12.0 Å². The number of nitrogens with zero attached hydrogens (tertiary/aromatic N) is 3. The van der Waals surface area contributed by atoms with Gasteiger partial charge in [-0.1, -0.05) is 29.8 Å². The van der Waals surface area contributed by atoms with Gasteiger partial charge in [-0.25, -0.2) is 4.98 Å². The molecule has 0 aliphatic carbocycles. The number of nitro groups is 1. The highest BCUT2D eigenvalue weighted by Gasteiger charge is 2.21. The maximum absolute atomic E-state index is 10.7. The molecule has 3 rings (SSSR count). The van der Waals surface area contributed by atoms with Crippen LogP contribution in [0.25, 0.3) is 0 Å². The van der Waals surface area contributed by atoms with Gasteiger partial charge in [0.25, 0.3) is 5.69 Å². The summed E-state index contributed by atoms with van der Waals surface area (Å²) >= 11 is 6.10. The van der Waals surface area contributed by atoms with E-state index < -0.39 is 4.92 Å². The van der Waals surface area contributed by atoms with E-state index in [2.05, 4.69) is 27.3 Å². The Morgan fingerprint density at radius 3 is 2.83 bits per heavy atom. The number of aromatic nitrogens is 1. The van der Waals surface area contributed by atoms with Crippen molar-refractivity contribution in [1.29, 1.82) is 0 Å². The minimum Gasteiger partial charge on any atom is -0.369 e. The van der Waals surface area contributed by atoms with Gasteiger partial charge in [0, 0.05) is 30.9 Å². The number of rotatable bonds is 4. The molecule has 0 bridgehead atoms. The Morgan fingerprint density at radius 2 is 2.13 bits per heavy atom. The van der Waals surface area contributed by atoms with Crippen LogP contribution in [-0.4, -0.2) is 29.0 Å². The Hall–Kier alpha value is -2.34. The third kappa shape index (κ3) is 3.71. The first-order chi connectivity index (χ1) is 11.1. The van der Waals surface area contributed by atoms with Crippen molar-refractivity contribution in [2.45, 2.75) is 18.9 Å². The molecule has 7 heteroatoms. The molecule has 1 atom stereocenters. The molecule has 6 nitrogen and oxygen atoms in total. The average molecular weight is 333 g/mol. The summed E-state index contributed by atoms with van der Waals surface area (Å²) < 4.78 is 0. The largest absolute Gasteiger partial charge is 0.369 e. The molecule has 1 aliphatic rings. The summed E-state index contributed by atoms with van der Waals surface area (Å²) in [5.41, 5.74) is 1.09. The molecule has 1 fully saturated rings. The summed E-state index contributed by atoms with van der Waals surface area (Å²) in [5.74, 6) is 0.497. The summed E-state index contributed by atoms with van der Waals surface area (Å²) in [6.45, 7) is 1.86. The van der Waals surface area contributed by atoms with Crippen LogP contribution in [0, 0.1) is 10.1 Å². The monoisotopic (exact) mass is 332 g/mol. The molecule has 0 radical (unpaired) electrons. The molecule has 1 aromatic heterocycles. The topological polar surface area (TPSA) is 71.3 Å². The lowest BCUT2D eigenvalue weighted by Crippen LogP contribution is -2.42. The Balaban J connectivity index is 1.69. The maximum atomic E-state index is 10.7. The molecule has 1 aliphatic heterocycles. The molecule has 1 aromatic carbocycles. The minimum atomic E-state index is -0.500. The van der Waals surface area contributed by atoms with E-state index >= 15 is 0 Å². The average Bonchev–Trinajstić information content (AvgIpc) is 2.57. The summed E-state index contributed by atoms with van der Waals surface area (Å²) in [6, 6.07) is 11.8. The molecule has 0 amide bonds. The van der Waals surface area contributed by atoms with Crippen molar-refractivity contribution in [1.82, 2.24) is 4.98 Å². The van der Waals surface area contributed by atoms with Crippen LogP contribution in [0.4, 0.5) is 17.2 Å². The molecular formula is C16H17ClN4O2. The van der Waals surface area contributed by atoms with E-state index in [0.717, 1.165) is 25.9 Å². The highest BCUT2D eigenvalue weighted by molar-refractivity contribution is 6.33. The zero-order valence-electron chi connectivity index (χ0n) is 12.5. The fourth-order valence-corrected chi connectivity index (χ4v) is 3.01. The number of para-hydroxylation sites is 1. The van der Waals surface area contributed by atoms with Crippen LogP contribution >= 0.6 is 11.6 Å². The van der Waals surface area contributed by atoms with Gasteiger partial charge >= 0.3 is 0 Å². The number of pyridine rings is 1. The normalized spacial score (nSPS) is 17.8. The van der Waals surface area contributed by atoms with Gasteiger partial charge in [-0.15, -0.1) is 0 Å². The summed E-state index contributed by atoms with van der Waals surface area (Å²) in [7, 11) is 0. The van der Waals surface area contributed by atoms with E-state index in [1.807, 2.05) is 18.2 Å². The molecule has 120 valence electrons. The maximum Gasteiger partial charge on any atom is 0.289 e. The number of nitrogens with one attached hydrogen (secondary N) is 1. The molecule has 0 spiro atoms. The van der Waals surface area contributed by atoms with E-state index in [-0.39, 0.29) is 16.8 Å². The molecule has 2 aromatic rings. The lowest BCUT2D eigenvalue weighted by molar-refractivity contribution is -0.385. The van der Waals surface area contributed by atoms with Crippen molar-refractivity contribution in [2.75, 3.05) is 23.3 Å². The predicted octanol–water partition coefficient (Wildman–Crippen LogP) is 3.72. The second kappa shape index (κ2) is 6.83. The number of anilines is 2. The Bertz CT molecular complexity index is 696. The van der Waals surface area contributed by atoms with Gasteiger partial charge in [-0.2, -0.15) is 0 Å². The first-order valence-corrected chi connectivity index (χ1v) is 7.88. The highest BCUT2D eigenvalue weighted by atomic mass is 35.5. The van der Waals surface area contributed by atoms with Gasteiger partial charge in [0.2, 0.25) is 0 Å². The lowest BCUT2D eigenvalue weighted by Gasteiger charge is -2.35. The van der Waals surface area contributed by atoms with Gasteiger partial charge in [-0.05, 0) is 25.0 Å². The fourth-order valence-electron chi connectivity index (χ4n) is 2.80. The fraction of sp³-hybridized carbons (Fsp3) is 0.312. The number of hydrogen-bond acceptors (Lipinski definition) is 5. The van der Waals surface area contributed by atoms with E-state index in [9.17, 15) is 10.1 Å². The number of hydrogen-bond donors (Lipinski definition) is 1. The van der Waals surface area contributed by atoms with Gasteiger partial charge in [0.05, 0.1) is 9.95 Å². The highest BCUT2D eigenvalue weighted by Crippen LogP contribution is 2.27. The third-order valence-electron chi connectivity index (χ3n) is 3.92. The molecule has 0 saturated carbocycles.